The SMILES string of the molecule is Cc1ncc2c(c1CNC(=O)Cc1cccs1)CCN(Cc1cnc(-c3ccccc3)s1)C2. The number of aromatic nitrogens is 2. The van der Waals surface area contributed by atoms with E-state index in [1.165, 1.54) is 27.1 Å². The van der Waals surface area contributed by atoms with Crippen molar-refractivity contribution in [3.8, 4) is 10.6 Å². The van der Waals surface area contributed by atoms with Gasteiger partial charge in [0.2, 0.25) is 5.91 Å². The zero-order valence-corrected chi connectivity index (χ0v) is 20.2. The van der Waals surface area contributed by atoms with Crippen molar-refractivity contribution in [2.24, 2.45) is 0 Å². The van der Waals surface area contributed by atoms with E-state index >= 15 is 0 Å². The number of hydrogen-bond donors (Lipinski definition) is 1. The summed E-state index contributed by atoms with van der Waals surface area (Å²) in [5, 5.41) is 6.18. The Bertz CT molecular complexity index is 1230. The third-order valence-corrected chi connectivity index (χ3v) is 7.91. The van der Waals surface area contributed by atoms with E-state index in [0.29, 0.717) is 13.0 Å². The van der Waals surface area contributed by atoms with Crippen molar-refractivity contribution >= 4 is 28.6 Å². The average Bonchev–Trinajstić information content (AvgIpc) is 3.51. The van der Waals surface area contributed by atoms with Crippen molar-refractivity contribution in [3.63, 3.8) is 0 Å². The van der Waals surface area contributed by atoms with Gasteiger partial charge in [-0.1, -0.05) is 36.4 Å². The zero-order chi connectivity index (χ0) is 22.6. The minimum Gasteiger partial charge on any atom is -0.352 e. The fourth-order valence-electron chi connectivity index (χ4n) is 4.29. The fraction of sp³-hybridized carbons (Fsp3) is 0.269. The van der Waals surface area contributed by atoms with E-state index in [-0.39, 0.29) is 5.91 Å². The van der Waals surface area contributed by atoms with Crippen LogP contribution in [0.5, 0.6) is 0 Å². The molecule has 33 heavy (non-hydrogen) atoms. The number of thiophene rings is 1. The number of nitrogens with zero attached hydrogens (tertiary/aromatic N) is 3. The highest BCUT2D eigenvalue weighted by Gasteiger charge is 2.22. The molecule has 1 aliphatic rings. The summed E-state index contributed by atoms with van der Waals surface area (Å²) in [6.45, 7) is 5.34. The molecule has 1 aliphatic heterocycles. The number of hydrogen-bond acceptors (Lipinski definition) is 6. The Morgan fingerprint density at radius 1 is 1.09 bits per heavy atom. The molecule has 3 aromatic heterocycles. The number of thiazole rings is 1. The predicted molar refractivity (Wildman–Crippen MR) is 134 cm³/mol. The maximum absolute atomic E-state index is 12.4. The number of carbonyl (C=O) groups excluding carboxylic acids is 1. The predicted octanol–water partition coefficient (Wildman–Crippen LogP) is 4.99. The Morgan fingerprint density at radius 2 is 1.97 bits per heavy atom. The second kappa shape index (κ2) is 9.95. The van der Waals surface area contributed by atoms with Crippen LogP contribution in [0.2, 0.25) is 0 Å². The van der Waals surface area contributed by atoms with E-state index in [2.05, 4.69) is 44.5 Å². The number of nitrogens with one attached hydrogen (secondary N) is 1. The van der Waals surface area contributed by atoms with Crippen molar-refractivity contribution in [1.29, 1.82) is 0 Å². The van der Waals surface area contributed by atoms with Crippen LogP contribution in [0.25, 0.3) is 10.6 Å². The molecule has 5 rings (SSSR count). The minimum atomic E-state index is 0.0614. The zero-order valence-electron chi connectivity index (χ0n) is 18.6. The molecule has 0 fully saturated rings. The maximum Gasteiger partial charge on any atom is 0.225 e. The highest BCUT2D eigenvalue weighted by Crippen LogP contribution is 2.29. The molecular formula is C26H26N4OS2. The lowest BCUT2D eigenvalue weighted by Crippen LogP contribution is -2.32. The van der Waals surface area contributed by atoms with E-state index in [4.69, 9.17) is 0 Å². The molecule has 0 bridgehead atoms. The van der Waals surface area contributed by atoms with Gasteiger partial charge in [-0.05, 0) is 41.5 Å². The first-order valence-electron chi connectivity index (χ1n) is 11.1. The Hall–Kier alpha value is -2.87. The lowest BCUT2D eigenvalue weighted by atomic mass is 9.95. The van der Waals surface area contributed by atoms with Gasteiger partial charge in [0.25, 0.3) is 0 Å². The Morgan fingerprint density at radius 3 is 2.79 bits per heavy atom. The average molecular weight is 475 g/mol. The molecule has 0 radical (unpaired) electrons. The molecule has 0 unspecified atom stereocenters. The third-order valence-electron chi connectivity index (χ3n) is 6.01. The molecule has 1 amide bonds. The highest BCUT2D eigenvalue weighted by molar-refractivity contribution is 7.15. The summed E-state index contributed by atoms with van der Waals surface area (Å²) in [5.74, 6) is 0.0614. The standard InChI is InChI=1S/C26H26N4OS2/c1-18-24(15-28-25(31)12-21-8-5-11-32-21)23-9-10-30(16-20(23)13-27-18)17-22-14-29-26(33-22)19-6-3-2-4-7-19/h2-8,11,13-14H,9-10,12,15-17H2,1H3,(H,28,31). The van der Waals surface area contributed by atoms with Gasteiger partial charge < -0.3 is 5.32 Å². The third kappa shape index (κ3) is 5.21. The van der Waals surface area contributed by atoms with Crippen molar-refractivity contribution in [2.75, 3.05) is 6.54 Å². The topological polar surface area (TPSA) is 58.1 Å². The second-order valence-corrected chi connectivity index (χ2v) is 10.5. The van der Waals surface area contributed by atoms with Crippen LogP contribution in [-0.2, 0) is 37.3 Å². The van der Waals surface area contributed by atoms with Crippen LogP contribution in [0.3, 0.4) is 0 Å². The first-order valence-corrected chi connectivity index (χ1v) is 12.8. The molecule has 0 aliphatic carbocycles. The number of fused-ring (bicyclic) bond motifs is 1. The number of aryl methyl sites for hydroxylation is 1. The Labute approximate surface area is 202 Å². The van der Waals surface area contributed by atoms with Gasteiger partial charge >= 0.3 is 0 Å². The largest absolute Gasteiger partial charge is 0.352 e. The van der Waals surface area contributed by atoms with Crippen LogP contribution in [0.4, 0.5) is 0 Å². The van der Waals surface area contributed by atoms with Crippen molar-refractivity contribution < 1.29 is 4.79 Å². The molecule has 0 spiro atoms. The van der Waals surface area contributed by atoms with Gasteiger partial charge in [-0.2, -0.15) is 0 Å². The highest BCUT2D eigenvalue weighted by atomic mass is 32.1. The molecule has 4 aromatic rings. The van der Waals surface area contributed by atoms with Gasteiger partial charge in [0, 0.05) is 59.6 Å². The molecule has 7 heteroatoms. The van der Waals surface area contributed by atoms with Gasteiger partial charge in [0.15, 0.2) is 0 Å². The minimum absolute atomic E-state index is 0.0614. The molecule has 4 heterocycles. The van der Waals surface area contributed by atoms with Crippen molar-refractivity contribution in [2.45, 2.75) is 39.4 Å². The first kappa shape index (κ1) is 21.9. The van der Waals surface area contributed by atoms with Crippen molar-refractivity contribution in [1.82, 2.24) is 20.2 Å². The number of amides is 1. The van der Waals surface area contributed by atoms with E-state index in [9.17, 15) is 4.79 Å². The quantitative estimate of drug-likeness (QED) is 0.410. The second-order valence-electron chi connectivity index (χ2n) is 8.32. The van der Waals surface area contributed by atoms with E-state index in [1.807, 2.05) is 42.9 Å². The van der Waals surface area contributed by atoms with E-state index < -0.39 is 0 Å². The lowest BCUT2D eigenvalue weighted by molar-refractivity contribution is -0.120. The first-order chi connectivity index (χ1) is 16.2. The number of rotatable bonds is 7. The summed E-state index contributed by atoms with van der Waals surface area (Å²) < 4.78 is 0. The molecular weight excluding hydrogens is 448 g/mol. The van der Waals surface area contributed by atoms with Gasteiger partial charge in [-0.3, -0.25) is 14.7 Å². The van der Waals surface area contributed by atoms with Gasteiger partial charge in [0.1, 0.15) is 5.01 Å². The van der Waals surface area contributed by atoms with Crippen molar-refractivity contribution in [3.05, 3.63) is 92.4 Å². The molecule has 1 aromatic carbocycles. The smallest absolute Gasteiger partial charge is 0.225 e. The molecule has 0 saturated heterocycles. The van der Waals surface area contributed by atoms with E-state index in [0.717, 1.165) is 41.6 Å². The molecule has 0 atom stereocenters. The van der Waals surface area contributed by atoms with Gasteiger partial charge in [0.05, 0.1) is 6.42 Å². The number of pyridine rings is 1. The Balaban J connectivity index is 1.23. The van der Waals surface area contributed by atoms with E-state index in [1.54, 1.807) is 22.7 Å². The summed E-state index contributed by atoms with van der Waals surface area (Å²) in [4.78, 5) is 26.5. The number of carbonyl (C=O) groups is 1. The summed E-state index contributed by atoms with van der Waals surface area (Å²) in [7, 11) is 0. The fourth-order valence-corrected chi connectivity index (χ4v) is 5.95. The van der Waals surface area contributed by atoms with Crippen LogP contribution in [-0.4, -0.2) is 27.3 Å². The van der Waals surface area contributed by atoms with Crippen LogP contribution in [0.15, 0.2) is 60.2 Å². The maximum atomic E-state index is 12.4. The van der Waals surface area contributed by atoms with Gasteiger partial charge in [-0.25, -0.2) is 4.98 Å². The summed E-state index contributed by atoms with van der Waals surface area (Å²) in [5.41, 5.74) is 5.97. The van der Waals surface area contributed by atoms with Gasteiger partial charge in [-0.15, -0.1) is 22.7 Å². The monoisotopic (exact) mass is 474 g/mol. The van der Waals surface area contributed by atoms with Crippen LogP contribution in [0.1, 0.15) is 32.1 Å². The summed E-state index contributed by atoms with van der Waals surface area (Å²) >= 11 is 3.38. The summed E-state index contributed by atoms with van der Waals surface area (Å²) in [6.07, 6.45) is 5.42. The molecule has 1 N–H and O–H groups in total. The normalized spacial score (nSPS) is 13.6. The Kier molecular flexibility index (Phi) is 6.62. The van der Waals surface area contributed by atoms with Crippen LogP contribution >= 0.6 is 22.7 Å². The lowest BCUT2D eigenvalue weighted by Gasteiger charge is -2.30. The molecule has 168 valence electrons. The summed E-state index contributed by atoms with van der Waals surface area (Å²) in [6, 6.07) is 14.3. The van der Waals surface area contributed by atoms with Crippen LogP contribution in [0, 0.1) is 6.92 Å². The molecule has 5 nitrogen and oxygen atoms in total. The molecule has 0 saturated carbocycles. The van der Waals surface area contributed by atoms with Crippen LogP contribution < -0.4 is 5.32 Å². The number of benzene rings is 1.